The van der Waals surface area contributed by atoms with E-state index in [1.807, 2.05) is 6.07 Å². The maximum atomic E-state index is 14.0. The van der Waals surface area contributed by atoms with Crippen LogP contribution in [0.3, 0.4) is 0 Å². The van der Waals surface area contributed by atoms with Crippen LogP contribution in [0.2, 0.25) is 0 Å². The third kappa shape index (κ3) is 5.56. The number of carboxylic acids is 1. The first-order valence-corrected chi connectivity index (χ1v) is 12.2. The fourth-order valence-electron chi connectivity index (χ4n) is 4.42. The largest absolute Gasteiger partial charge is 0.480 e. The zero-order valence-corrected chi connectivity index (χ0v) is 21.8. The molecule has 4 rings (SSSR count). The Morgan fingerprint density at radius 1 is 1.05 bits per heavy atom. The molecule has 0 bridgehead atoms. The zero-order chi connectivity index (χ0) is 28.5. The number of carboxylic acid groups (broad SMARTS) is 1. The molecule has 2 amide bonds. The van der Waals surface area contributed by atoms with Crippen molar-refractivity contribution in [1.29, 1.82) is 5.26 Å². The molecule has 39 heavy (non-hydrogen) atoms. The van der Waals surface area contributed by atoms with E-state index in [2.05, 4.69) is 15.9 Å². The van der Waals surface area contributed by atoms with Crippen molar-refractivity contribution >= 4 is 39.4 Å². The van der Waals surface area contributed by atoms with E-state index in [1.165, 1.54) is 49.4 Å². The molecule has 7 nitrogen and oxygen atoms in total. The Labute approximate surface area is 229 Å². The summed E-state index contributed by atoms with van der Waals surface area (Å²) in [6.45, 7) is 0.586. The summed E-state index contributed by atoms with van der Waals surface area (Å²) < 4.78 is 41.2. The summed E-state index contributed by atoms with van der Waals surface area (Å²) in [7, 11) is 0. The summed E-state index contributed by atoms with van der Waals surface area (Å²) in [5.74, 6) is -1.93. The van der Waals surface area contributed by atoms with Gasteiger partial charge in [-0.15, -0.1) is 0 Å². The SMILES string of the molecule is CC1=C(C(=O)c2ccc(Br)cc2)C(c2ccc(C#N)cc2)N(CC(=O)O)C(=O)N1c1cccc(C(F)(F)F)c1. The molecule has 1 aliphatic rings. The van der Waals surface area contributed by atoms with Crippen molar-refractivity contribution in [3.05, 3.63) is 111 Å². The predicted molar refractivity (Wildman–Crippen MR) is 139 cm³/mol. The van der Waals surface area contributed by atoms with E-state index in [0.717, 1.165) is 28.0 Å². The van der Waals surface area contributed by atoms with Crippen LogP contribution >= 0.6 is 15.9 Å². The maximum absolute atomic E-state index is 14.0. The molecule has 0 aliphatic carbocycles. The summed E-state index contributed by atoms with van der Waals surface area (Å²) in [5.41, 5.74) is -0.268. The van der Waals surface area contributed by atoms with Gasteiger partial charge in [0.05, 0.1) is 28.9 Å². The molecule has 0 radical (unpaired) electrons. The third-order valence-electron chi connectivity index (χ3n) is 6.19. The minimum Gasteiger partial charge on any atom is -0.480 e. The number of urea groups is 1. The first-order valence-electron chi connectivity index (χ1n) is 11.4. The van der Waals surface area contributed by atoms with Crippen LogP contribution in [0.5, 0.6) is 0 Å². The van der Waals surface area contributed by atoms with Crippen LogP contribution in [-0.2, 0) is 11.0 Å². The first kappa shape index (κ1) is 27.6. The number of nitrogens with zero attached hydrogens (tertiary/aromatic N) is 3. The lowest BCUT2D eigenvalue weighted by molar-refractivity contribution is -0.138. The first-order chi connectivity index (χ1) is 18.4. The van der Waals surface area contributed by atoms with Crippen LogP contribution in [0.4, 0.5) is 23.7 Å². The number of amides is 2. The topological polar surface area (TPSA) is 102 Å². The van der Waals surface area contributed by atoms with Crippen molar-refractivity contribution in [2.75, 3.05) is 11.4 Å². The van der Waals surface area contributed by atoms with Gasteiger partial charge < -0.3 is 10.0 Å². The lowest BCUT2D eigenvalue weighted by Crippen LogP contribution is -2.52. The van der Waals surface area contributed by atoms with Crippen molar-refractivity contribution in [1.82, 2.24) is 4.90 Å². The van der Waals surface area contributed by atoms with E-state index < -0.39 is 42.1 Å². The molecule has 1 atom stereocenters. The summed E-state index contributed by atoms with van der Waals surface area (Å²) in [6, 6.07) is 16.2. The van der Waals surface area contributed by atoms with E-state index in [4.69, 9.17) is 0 Å². The van der Waals surface area contributed by atoms with Crippen LogP contribution in [0.15, 0.2) is 88.5 Å². The van der Waals surface area contributed by atoms with Crippen LogP contribution < -0.4 is 4.90 Å². The number of ketones is 1. The molecular formula is C28H19BrF3N3O4. The number of allylic oxidation sites excluding steroid dienone is 1. The highest BCUT2D eigenvalue weighted by molar-refractivity contribution is 9.10. The van der Waals surface area contributed by atoms with E-state index in [-0.39, 0.29) is 22.5 Å². The lowest BCUT2D eigenvalue weighted by atomic mass is 9.87. The average molecular weight is 598 g/mol. The molecule has 3 aromatic rings. The van der Waals surface area contributed by atoms with Gasteiger partial charge in [0, 0.05) is 21.3 Å². The van der Waals surface area contributed by atoms with Crippen LogP contribution in [0.25, 0.3) is 0 Å². The number of rotatable bonds is 6. The van der Waals surface area contributed by atoms with Gasteiger partial charge in [0.25, 0.3) is 0 Å². The normalized spacial score (nSPS) is 15.8. The Morgan fingerprint density at radius 2 is 1.69 bits per heavy atom. The average Bonchev–Trinajstić information content (AvgIpc) is 2.90. The molecule has 3 aromatic carbocycles. The van der Waals surface area contributed by atoms with E-state index in [1.54, 1.807) is 12.1 Å². The van der Waals surface area contributed by atoms with Gasteiger partial charge in [0.1, 0.15) is 6.54 Å². The summed E-state index contributed by atoms with van der Waals surface area (Å²) in [5, 5.41) is 18.9. The van der Waals surface area contributed by atoms with Gasteiger partial charge in [0.2, 0.25) is 0 Å². The molecule has 0 saturated heterocycles. The van der Waals surface area contributed by atoms with Crippen molar-refractivity contribution in [3.8, 4) is 6.07 Å². The highest BCUT2D eigenvalue weighted by atomic mass is 79.9. The third-order valence-corrected chi connectivity index (χ3v) is 6.72. The molecule has 1 heterocycles. The Morgan fingerprint density at radius 3 is 2.26 bits per heavy atom. The number of anilines is 1. The monoisotopic (exact) mass is 597 g/mol. The Kier molecular flexibility index (Phi) is 7.60. The molecule has 1 unspecified atom stereocenters. The van der Waals surface area contributed by atoms with Gasteiger partial charge in [-0.1, -0.05) is 34.1 Å². The van der Waals surface area contributed by atoms with Gasteiger partial charge in [-0.3, -0.25) is 14.5 Å². The van der Waals surface area contributed by atoms with Crippen LogP contribution in [-0.4, -0.2) is 34.3 Å². The van der Waals surface area contributed by atoms with Gasteiger partial charge >= 0.3 is 18.2 Å². The standard InChI is InChI=1S/C28H19BrF3N3O4/c1-16-24(26(38)19-9-11-21(29)12-10-19)25(18-7-5-17(14-33)6-8-18)34(15-23(36)37)27(39)35(16)22-4-2-3-20(13-22)28(30,31)32/h2-13,25H,15H2,1H3,(H,36,37). The van der Waals surface area contributed by atoms with E-state index in [0.29, 0.717) is 15.6 Å². The number of carbonyl (C=O) groups is 3. The second-order valence-corrected chi connectivity index (χ2v) is 9.57. The fourth-order valence-corrected chi connectivity index (χ4v) is 4.68. The Hall–Kier alpha value is -4.43. The Balaban J connectivity index is 2.00. The molecular weight excluding hydrogens is 579 g/mol. The van der Waals surface area contributed by atoms with Gasteiger partial charge in [-0.05, 0) is 67.1 Å². The van der Waals surface area contributed by atoms with Crippen LogP contribution in [0.1, 0.15) is 40.0 Å². The fraction of sp³-hybridized carbons (Fsp3) is 0.143. The molecule has 1 aliphatic heterocycles. The lowest BCUT2D eigenvalue weighted by Gasteiger charge is -2.42. The quantitative estimate of drug-likeness (QED) is 0.324. The smallest absolute Gasteiger partial charge is 0.416 e. The number of hydrogen-bond acceptors (Lipinski definition) is 4. The van der Waals surface area contributed by atoms with Crippen molar-refractivity contribution in [2.45, 2.75) is 19.1 Å². The number of carbonyl (C=O) groups excluding carboxylic acids is 2. The molecule has 1 N–H and O–H groups in total. The van der Waals surface area contributed by atoms with E-state index in [9.17, 15) is 37.9 Å². The highest BCUT2D eigenvalue weighted by Crippen LogP contribution is 2.42. The van der Waals surface area contributed by atoms with Crippen molar-refractivity contribution in [3.63, 3.8) is 0 Å². The molecule has 0 spiro atoms. The highest BCUT2D eigenvalue weighted by Gasteiger charge is 2.43. The summed E-state index contributed by atoms with van der Waals surface area (Å²) in [6.07, 6.45) is -4.70. The zero-order valence-electron chi connectivity index (χ0n) is 20.2. The number of aliphatic carboxylic acids is 1. The van der Waals surface area contributed by atoms with Gasteiger partial charge in [0.15, 0.2) is 5.78 Å². The maximum Gasteiger partial charge on any atom is 0.416 e. The number of nitriles is 1. The number of halogens is 4. The van der Waals surface area contributed by atoms with Crippen molar-refractivity contribution in [2.24, 2.45) is 0 Å². The molecule has 0 aromatic heterocycles. The molecule has 11 heteroatoms. The number of hydrogen-bond donors (Lipinski definition) is 1. The predicted octanol–water partition coefficient (Wildman–Crippen LogP) is 6.56. The second kappa shape index (κ2) is 10.7. The second-order valence-electron chi connectivity index (χ2n) is 8.66. The van der Waals surface area contributed by atoms with E-state index >= 15 is 0 Å². The molecule has 0 fully saturated rings. The number of alkyl halides is 3. The van der Waals surface area contributed by atoms with Crippen LogP contribution in [0, 0.1) is 11.3 Å². The number of benzene rings is 3. The van der Waals surface area contributed by atoms with Gasteiger partial charge in [-0.25, -0.2) is 4.79 Å². The summed E-state index contributed by atoms with van der Waals surface area (Å²) in [4.78, 5) is 41.5. The summed E-state index contributed by atoms with van der Waals surface area (Å²) >= 11 is 3.30. The molecule has 0 saturated carbocycles. The van der Waals surface area contributed by atoms with Crippen molar-refractivity contribution < 1.29 is 32.7 Å². The molecule has 198 valence electrons. The van der Waals surface area contributed by atoms with Gasteiger partial charge in [-0.2, -0.15) is 18.4 Å². The minimum absolute atomic E-state index is 0.000270. The number of Topliss-reactive ketones (excluding diaryl/α,β-unsaturated/α-hetero) is 1. The minimum atomic E-state index is -4.70. The Bertz CT molecular complexity index is 1530.